The van der Waals surface area contributed by atoms with Gasteiger partial charge in [0.25, 0.3) is 11.8 Å². The lowest BCUT2D eigenvalue weighted by molar-refractivity contribution is -0.118. The van der Waals surface area contributed by atoms with Gasteiger partial charge in [0.15, 0.2) is 5.78 Å². The van der Waals surface area contributed by atoms with Crippen molar-refractivity contribution in [2.75, 3.05) is 18.0 Å². The Morgan fingerprint density at radius 2 is 1.42 bits per heavy atom. The van der Waals surface area contributed by atoms with Crippen molar-refractivity contribution in [3.05, 3.63) is 65.2 Å². The number of imide groups is 1. The van der Waals surface area contributed by atoms with E-state index in [9.17, 15) is 19.2 Å². The number of amides is 3. The van der Waals surface area contributed by atoms with Gasteiger partial charge in [-0.3, -0.25) is 24.1 Å². The SMILES string of the molecule is O=C1CCN(C(=O)CCN2C(=O)c3ccccc3C2=O)c2ccccc21. The summed E-state index contributed by atoms with van der Waals surface area (Å²) >= 11 is 0. The van der Waals surface area contributed by atoms with Crippen molar-refractivity contribution in [2.24, 2.45) is 0 Å². The Bertz CT molecular complexity index is 915. The van der Waals surface area contributed by atoms with Crippen LogP contribution >= 0.6 is 0 Å². The molecular formula is C20H16N2O4. The van der Waals surface area contributed by atoms with Gasteiger partial charge in [-0.15, -0.1) is 0 Å². The van der Waals surface area contributed by atoms with Crippen molar-refractivity contribution in [1.29, 1.82) is 0 Å². The number of ketones is 1. The van der Waals surface area contributed by atoms with Gasteiger partial charge >= 0.3 is 0 Å². The number of carbonyl (C=O) groups excluding carboxylic acids is 4. The molecule has 0 bridgehead atoms. The lowest BCUT2D eigenvalue weighted by Gasteiger charge is -2.29. The first kappa shape index (κ1) is 16.2. The van der Waals surface area contributed by atoms with E-state index in [0.717, 1.165) is 4.90 Å². The van der Waals surface area contributed by atoms with Crippen molar-refractivity contribution in [1.82, 2.24) is 4.90 Å². The van der Waals surface area contributed by atoms with Gasteiger partial charge in [-0.25, -0.2) is 0 Å². The Labute approximate surface area is 150 Å². The average molecular weight is 348 g/mol. The highest BCUT2D eigenvalue weighted by molar-refractivity contribution is 6.21. The standard InChI is InChI=1S/C20H16N2O4/c23-17-9-11-21(16-8-4-3-7-15(16)17)18(24)10-12-22-19(25)13-5-1-2-6-14(13)20(22)26/h1-8H,9-12H2. The molecule has 0 atom stereocenters. The second-order valence-corrected chi connectivity index (χ2v) is 6.29. The third kappa shape index (κ3) is 2.50. The van der Waals surface area contributed by atoms with Crippen LogP contribution in [0.5, 0.6) is 0 Å². The molecule has 130 valence electrons. The number of fused-ring (bicyclic) bond motifs is 2. The Morgan fingerprint density at radius 1 is 0.846 bits per heavy atom. The maximum Gasteiger partial charge on any atom is 0.261 e. The van der Waals surface area contributed by atoms with Crippen molar-refractivity contribution in [3.8, 4) is 0 Å². The largest absolute Gasteiger partial charge is 0.311 e. The van der Waals surface area contributed by atoms with Gasteiger partial charge in [0.05, 0.1) is 16.8 Å². The van der Waals surface area contributed by atoms with Crippen LogP contribution in [-0.2, 0) is 4.79 Å². The van der Waals surface area contributed by atoms with Crippen LogP contribution in [0.15, 0.2) is 48.5 Å². The van der Waals surface area contributed by atoms with E-state index in [1.165, 1.54) is 0 Å². The molecule has 0 saturated heterocycles. The fraction of sp³-hybridized carbons (Fsp3) is 0.200. The first-order valence-corrected chi connectivity index (χ1v) is 8.46. The molecule has 2 heterocycles. The third-order valence-corrected chi connectivity index (χ3v) is 4.79. The molecule has 0 saturated carbocycles. The number of hydrogen-bond acceptors (Lipinski definition) is 4. The molecule has 0 fully saturated rings. The monoisotopic (exact) mass is 348 g/mol. The maximum absolute atomic E-state index is 12.7. The second kappa shape index (κ2) is 6.22. The Hall–Kier alpha value is -3.28. The van der Waals surface area contributed by atoms with Crippen LogP contribution in [0.4, 0.5) is 5.69 Å². The average Bonchev–Trinajstić information content (AvgIpc) is 2.91. The van der Waals surface area contributed by atoms with Crippen molar-refractivity contribution < 1.29 is 19.2 Å². The topological polar surface area (TPSA) is 74.8 Å². The zero-order valence-electron chi connectivity index (χ0n) is 14.0. The Balaban J connectivity index is 1.49. The van der Waals surface area contributed by atoms with E-state index in [-0.39, 0.29) is 42.9 Å². The van der Waals surface area contributed by atoms with E-state index < -0.39 is 0 Å². The molecule has 0 aromatic heterocycles. The number of anilines is 1. The van der Waals surface area contributed by atoms with Gasteiger partial charge in [0.2, 0.25) is 5.91 Å². The summed E-state index contributed by atoms with van der Waals surface area (Å²) in [5, 5.41) is 0. The van der Waals surface area contributed by atoms with E-state index in [4.69, 9.17) is 0 Å². The summed E-state index contributed by atoms with van der Waals surface area (Å²) in [5.74, 6) is -0.924. The van der Waals surface area contributed by atoms with Crippen LogP contribution in [-0.4, -0.2) is 41.5 Å². The highest BCUT2D eigenvalue weighted by Crippen LogP contribution is 2.28. The fourth-order valence-corrected chi connectivity index (χ4v) is 3.46. The molecule has 2 aromatic rings. The summed E-state index contributed by atoms with van der Waals surface area (Å²) in [6.07, 6.45) is 0.295. The van der Waals surface area contributed by atoms with Crippen molar-refractivity contribution >= 4 is 29.2 Å². The predicted molar refractivity (Wildman–Crippen MR) is 94.2 cm³/mol. The van der Waals surface area contributed by atoms with Crippen LogP contribution in [0.1, 0.15) is 43.9 Å². The third-order valence-electron chi connectivity index (χ3n) is 4.79. The van der Waals surface area contributed by atoms with Crippen LogP contribution < -0.4 is 4.90 Å². The first-order chi connectivity index (χ1) is 12.6. The quantitative estimate of drug-likeness (QED) is 0.798. The minimum atomic E-state index is -0.368. The number of para-hydroxylation sites is 1. The van der Waals surface area contributed by atoms with Crippen LogP contribution in [0.3, 0.4) is 0 Å². The molecule has 0 unspecified atom stereocenters. The maximum atomic E-state index is 12.7. The van der Waals surface area contributed by atoms with E-state index in [0.29, 0.717) is 28.9 Å². The summed E-state index contributed by atoms with van der Waals surface area (Å²) in [4.78, 5) is 52.1. The Morgan fingerprint density at radius 3 is 2.08 bits per heavy atom. The molecule has 0 spiro atoms. The highest BCUT2D eigenvalue weighted by Gasteiger charge is 2.35. The molecule has 4 rings (SSSR count). The zero-order valence-corrected chi connectivity index (χ0v) is 14.0. The zero-order chi connectivity index (χ0) is 18.3. The molecule has 2 aromatic carbocycles. The van der Waals surface area contributed by atoms with Gasteiger partial charge in [-0.2, -0.15) is 0 Å². The fourth-order valence-electron chi connectivity index (χ4n) is 3.46. The van der Waals surface area contributed by atoms with Crippen molar-refractivity contribution in [2.45, 2.75) is 12.8 Å². The lowest BCUT2D eigenvalue weighted by Crippen LogP contribution is -2.40. The molecule has 2 aliphatic heterocycles. The Kier molecular flexibility index (Phi) is 3.88. The van der Waals surface area contributed by atoms with Crippen LogP contribution in [0.2, 0.25) is 0 Å². The number of Topliss-reactive ketones (excluding diaryl/α,β-unsaturated/α-hetero) is 1. The summed E-state index contributed by atoms with van der Waals surface area (Å²) in [7, 11) is 0. The summed E-state index contributed by atoms with van der Waals surface area (Å²) in [5.41, 5.74) is 1.88. The smallest absolute Gasteiger partial charge is 0.261 e. The van der Waals surface area contributed by atoms with E-state index in [2.05, 4.69) is 0 Å². The van der Waals surface area contributed by atoms with Gasteiger partial charge in [-0.1, -0.05) is 24.3 Å². The minimum Gasteiger partial charge on any atom is -0.311 e. The van der Waals surface area contributed by atoms with E-state index >= 15 is 0 Å². The van der Waals surface area contributed by atoms with Gasteiger partial charge < -0.3 is 4.90 Å². The van der Waals surface area contributed by atoms with Crippen molar-refractivity contribution in [3.63, 3.8) is 0 Å². The molecular weight excluding hydrogens is 332 g/mol. The molecule has 6 heteroatoms. The lowest BCUT2D eigenvalue weighted by atomic mass is 10.00. The normalized spacial score (nSPS) is 15.9. The summed E-state index contributed by atoms with van der Waals surface area (Å²) in [6.45, 7) is 0.342. The number of hydrogen-bond donors (Lipinski definition) is 0. The molecule has 26 heavy (non-hydrogen) atoms. The number of rotatable bonds is 3. The second-order valence-electron chi connectivity index (χ2n) is 6.29. The van der Waals surface area contributed by atoms with Crippen LogP contribution in [0, 0.1) is 0 Å². The molecule has 3 amide bonds. The van der Waals surface area contributed by atoms with E-state index in [1.54, 1.807) is 53.4 Å². The summed E-state index contributed by atoms with van der Waals surface area (Å²) in [6, 6.07) is 13.6. The highest BCUT2D eigenvalue weighted by atomic mass is 16.2. The molecule has 0 aliphatic carbocycles. The molecule has 2 aliphatic rings. The summed E-state index contributed by atoms with van der Waals surface area (Å²) < 4.78 is 0. The van der Waals surface area contributed by atoms with E-state index in [1.807, 2.05) is 0 Å². The number of nitrogens with zero attached hydrogens (tertiary/aromatic N) is 2. The van der Waals surface area contributed by atoms with Gasteiger partial charge in [0, 0.05) is 31.5 Å². The molecule has 0 radical (unpaired) electrons. The predicted octanol–water partition coefficient (Wildman–Crippen LogP) is 2.29. The molecule has 6 nitrogen and oxygen atoms in total. The van der Waals surface area contributed by atoms with Gasteiger partial charge in [-0.05, 0) is 24.3 Å². The number of carbonyl (C=O) groups is 4. The minimum absolute atomic E-state index is 0.0185. The first-order valence-electron chi connectivity index (χ1n) is 8.46. The van der Waals surface area contributed by atoms with Gasteiger partial charge in [0.1, 0.15) is 0 Å². The number of benzene rings is 2. The molecule has 0 N–H and O–H groups in total. The van der Waals surface area contributed by atoms with Crippen LogP contribution in [0.25, 0.3) is 0 Å².